The summed E-state index contributed by atoms with van der Waals surface area (Å²) in [6.07, 6.45) is 0.650. The van der Waals surface area contributed by atoms with Gasteiger partial charge in [0.05, 0.1) is 0 Å². The Balaban J connectivity index is 2.15. The fourth-order valence-corrected chi connectivity index (χ4v) is 2.66. The number of aromatic nitrogens is 3. The molecule has 3 rings (SSSR count). The zero-order valence-electron chi connectivity index (χ0n) is 8.29. The largest absolute Gasteiger partial charge is 0.380 e. The Kier molecular flexibility index (Phi) is 2.19. The van der Waals surface area contributed by atoms with Crippen molar-refractivity contribution in [2.45, 2.75) is 6.10 Å². The first-order valence-corrected chi connectivity index (χ1v) is 5.73. The molecule has 0 amide bonds. The molecule has 16 heavy (non-hydrogen) atoms. The first-order valence-electron chi connectivity index (χ1n) is 4.86. The first-order chi connectivity index (χ1) is 7.86. The van der Waals surface area contributed by atoms with Crippen LogP contribution in [0.1, 0.15) is 17.5 Å². The molecule has 1 aromatic carbocycles. The molecule has 2 heterocycles. The number of thiophene rings is 1. The molecule has 2 N–H and O–H groups in total. The van der Waals surface area contributed by atoms with E-state index in [0.29, 0.717) is 5.82 Å². The van der Waals surface area contributed by atoms with Gasteiger partial charge >= 0.3 is 0 Å². The summed E-state index contributed by atoms with van der Waals surface area (Å²) in [5.74, 6) is 0.473. The van der Waals surface area contributed by atoms with Crippen molar-refractivity contribution in [2.24, 2.45) is 0 Å². The van der Waals surface area contributed by atoms with Crippen LogP contribution in [0.4, 0.5) is 0 Å². The standard InChI is InChI=1S/C11H9N3OS/c15-9(11-12-6-13-14-11)8-3-1-2-7-4-5-16-10(7)8/h1-6,9,15H,(H,12,13,14). The molecule has 5 heteroatoms. The number of nitrogens with zero attached hydrogens (tertiary/aromatic N) is 2. The van der Waals surface area contributed by atoms with E-state index in [-0.39, 0.29) is 0 Å². The van der Waals surface area contributed by atoms with E-state index >= 15 is 0 Å². The quantitative estimate of drug-likeness (QED) is 0.710. The summed E-state index contributed by atoms with van der Waals surface area (Å²) in [5.41, 5.74) is 0.865. The van der Waals surface area contributed by atoms with Crippen molar-refractivity contribution in [3.63, 3.8) is 0 Å². The summed E-state index contributed by atoms with van der Waals surface area (Å²) < 4.78 is 1.09. The van der Waals surface area contributed by atoms with Gasteiger partial charge in [-0.05, 0) is 16.8 Å². The predicted octanol–water partition coefficient (Wildman–Crippen LogP) is 2.10. The van der Waals surface area contributed by atoms with Crippen LogP contribution in [0, 0.1) is 0 Å². The Hall–Kier alpha value is -1.72. The van der Waals surface area contributed by atoms with Gasteiger partial charge in [0, 0.05) is 10.3 Å². The molecule has 2 aromatic heterocycles. The maximum atomic E-state index is 10.2. The van der Waals surface area contributed by atoms with Crippen LogP contribution in [0.2, 0.25) is 0 Å². The van der Waals surface area contributed by atoms with E-state index in [1.54, 1.807) is 11.3 Å². The molecule has 0 spiro atoms. The number of H-pyrrole nitrogens is 1. The number of nitrogens with one attached hydrogen (secondary N) is 1. The van der Waals surface area contributed by atoms with Gasteiger partial charge < -0.3 is 5.11 Å². The lowest BCUT2D eigenvalue weighted by molar-refractivity contribution is 0.212. The molecule has 0 bridgehead atoms. The maximum Gasteiger partial charge on any atom is 0.157 e. The molecule has 0 aliphatic heterocycles. The SMILES string of the molecule is OC(c1ncn[nH]1)c1cccc2ccsc12. The zero-order valence-corrected chi connectivity index (χ0v) is 9.11. The average Bonchev–Trinajstić information content (AvgIpc) is 2.98. The van der Waals surface area contributed by atoms with Crippen LogP contribution in [0.15, 0.2) is 36.0 Å². The number of aromatic amines is 1. The van der Waals surface area contributed by atoms with Crippen molar-refractivity contribution in [3.05, 3.63) is 47.4 Å². The molecule has 1 unspecified atom stereocenters. The Morgan fingerprint density at radius 2 is 2.25 bits per heavy atom. The molecular formula is C11H9N3OS. The fraction of sp³-hybridized carbons (Fsp3) is 0.0909. The molecule has 3 aromatic rings. The summed E-state index contributed by atoms with van der Waals surface area (Å²) in [4.78, 5) is 3.97. The van der Waals surface area contributed by atoms with Gasteiger partial charge in [0.2, 0.25) is 0 Å². The van der Waals surface area contributed by atoms with Crippen LogP contribution in [-0.2, 0) is 0 Å². The highest BCUT2D eigenvalue weighted by Gasteiger charge is 2.16. The number of fused-ring (bicyclic) bond motifs is 1. The van der Waals surface area contributed by atoms with Crippen LogP contribution in [0.3, 0.4) is 0 Å². The normalized spacial score (nSPS) is 13.1. The second-order valence-corrected chi connectivity index (χ2v) is 4.38. The third-order valence-corrected chi connectivity index (χ3v) is 3.48. The van der Waals surface area contributed by atoms with Crippen LogP contribution < -0.4 is 0 Å². The number of aliphatic hydroxyl groups excluding tert-OH is 1. The highest BCUT2D eigenvalue weighted by atomic mass is 32.1. The molecule has 0 fully saturated rings. The van der Waals surface area contributed by atoms with E-state index in [9.17, 15) is 5.11 Å². The van der Waals surface area contributed by atoms with Crippen molar-refractivity contribution in [1.82, 2.24) is 15.2 Å². The predicted molar refractivity (Wildman–Crippen MR) is 62.3 cm³/mol. The lowest BCUT2D eigenvalue weighted by Crippen LogP contribution is -2.01. The molecule has 1 atom stereocenters. The summed E-state index contributed by atoms with van der Waals surface area (Å²) >= 11 is 1.62. The van der Waals surface area contributed by atoms with E-state index in [1.165, 1.54) is 6.33 Å². The third-order valence-electron chi connectivity index (χ3n) is 2.50. The van der Waals surface area contributed by atoms with Crippen LogP contribution in [0.5, 0.6) is 0 Å². The van der Waals surface area contributed by atoms with Crippen LogP contribution in [-0.4, -0.2) is 20.3 Å². The number of aliphatic hydroxyl groups is 1. The monoisotopic (exact) mass is 231 g/mol. The van der Waals surface area contributed by atoms with Gasteiger partial charge in [0.15, 0.2) is 5.82 Å². The number of hydrogen-bond acceptors (Lipinski definition) is 4. The lowest BCUT2D eigenvalue weighted by Gasteiger charge is -2.08. The molecule has 0 saturated carbocycles. The second kappa shape index (κ2) is 3.70. The first kappa shape index (κ1) is 9.50. The number of benzene rings is 1. The zero-order chi connectivity index (χ0) is 11.0. The minimum absolute atomic E-state index is 0.473. The summed E-state index contributed by atoms with van der Waals surface area (Å²) in [5, 5.41) is 19.8. The van der Waals surface area contributed by atoms with E-state index in [2.05, 4.69) is 15.2 Å². The molecule has 80 valence electrons. The minimum Gasteiger partial charge on any atom is -0.380 e. The Bertz CT molecular complexity index is 603. The van der Waals surface area contributed by atoms with Gasteiger partial charge in [-0.1, -0.05) is 18.2 Å². The fourth-order valence-electron chi connectivity index (χ4n) is 1.73. The Morgan fingerprint density at radius 3 is 3.06 bits per heavy atom. The smallest absolute Gasteiger partial charge is 0.157 e. The van der Waals surface area contributed by atoms with E-state index in [4.69, 9.17) is 0 Å². The molecule has 0 saturated heterocycles. The molecule has 0 radical (unpaired) electrons. The average molecular weight is 231 g/mol. The van der Waals surface area contributed by atoms with E-state index in [0.717, 1.165) is 15.6 Å². The Labute approximate surface area is 95.6 Å². The van der Waals surface area contributed by atoms with Gasteiger partial charge in [-0.2, -0.15) is 5.10 Å². The molecular weight excluding hydrogens is 222 g/mol. The van der Waals surface area contributed by atoms with Crippen molar-refractivity contribution in [2.75, 3.05) is 0 Å². The van der Waals surface area contributed by atoms with E-state index in [1.807, 2.05) is 29.6 Å². The van der Waals surface area contributed by atoms with Crippen molar-refractivity contribution >= 4 is 21.4 Å². The summed E-state index contributed by atoms with van der Waals surface area (Å²) in [7, 11) is 0. The number of rotatable bonds is 2. The van der Waals surface area contributed by atoms with Crippen molar-refractivity contribution in [3.8, 4) is 0 Å². The third kappa shape index (κ3) is 1.41. The molecule has 4 nitrogen and oxygen atoms in total. The highest BCUT2D eigenvalue weighted by Crippen LogP contribution is 2.30. The highest BCUT2D eigenvalue weighted by molar-refractivity contribution is 7.17. The van der Waals surface area contributed by atoms with Gasteiger partial charge in [0.1, 0.15) is 12.4 Å². The number of hydrogen-bond donors (Lipinski definition) is 2. The van der Waals surface area contributed by atoms with Gasteiger partial charge in [-0.15, -0.1) is 11.3 Å². The van der Waals surface area contributed by atoms with Crippen LogP contribution in [0.25, 0.3) is 10.1 Å². The molecule has 0 aliphatic rings. The Morgan fingerprint density at radius 1 is 1.31 bits per heavy atom. The lowest BCUT2D eigenvalue weighted by atomic mass is 10.1. The summed E-state index contributed by atoms with van der Waals surface area (Å²) in [6, 6.07) is 7.91. The van der Waals surface area contributed by atoms with Crippen molar-refractivity contribution in [1.29, 1.82) is 0 Å². The van der Waals surface area contributed by atoms with E-state index < -0.39 is 6.10 Å². The van der Waals surface area contributed by atoms with Gasteiger partial charge in [-0.3, -0.25) is 5.10 Å². The second-order valence-electron chi connectivity index (χ2n) is 3.46. The van der Waals surface area contributed by atoms with Crippen LogP contribution >= 0.6 is 11.3 Å². The van der Waals surface area contributed by atoms with Crippen molar-refractivity contribution < 1.29 is 5.11 Å². The maximum absolute atomic E-state index is 10.2. The summed E-state index contributed by atoms with van der Waals surface area (Å²) in [6.45, 7) is 0. The topological polar surface area (TPSA) is 61.8 Å². The van der Waals surface area contributed by atoms with Gasteiger partial charge in [-0.25, -0.2) is 4.98 Å². The minimum atomic E-state index is -0.746. The molecule has 0 aliphatic carbocycles. The van der Waals surface area contributed by atoms with Gasteiger partial charge in [0.25, 0.3) is 0 Å².